The van der Waals surface area contributed by atoms with Crippen molar-refractivity contribution in [2.24, 2.45) is 5.92 Å². The number of aliphatic hydroxyl groups excluding tert-OH is 1. The monoisotopic (exact) mass is 381 g/mol. The molecular formula is C24H47NO2. The van der Waals surface area contributed by atoms with E-state index in [0.29, 0.717) is 17.6 Å². The third kappa shape index (κ3) is 16.6. The molecule has 0 bridgehead atoms. The van der Waals surface area contributed by atoms with Crippen molar-refractivity contribution in [1.82, 2.24) is 5.32 Å². The van der Waals surface area contributed by atoms with Gasteiger partial charge >= 0.3 is 0 Å². The third-order valence-corrected chi connectivity index (χ3v) is 4.00. The van der Waals surface area contributed by atoms with Gasteiger partial charge in [-0.15, -0.1) is 0 Å². The van der Waals surface area contributed by atoms with Gasteiger partial charge in [0.25, 0.3) is 0 Å². The Bertz CT molecular complexity index is 395. The molecule has 1 unspecified atom stereocenters. The minimum absolute atomic E-state index is 0.221. The summed E-state index contributed by atoms with van der Waals surface area (Å²) < 4.78 is 0. The van der Waals surface area contributed by atoms with E-state index in [9.17, 15) is 10.2 Å². The summed E-state index contributed by atoms with van der Waals surface area (Å²) in [7, 11) is 0. The Hall–Kier alpha value is -1.32. The number of hydrogen-bond donors (Lipinski definition) is 3. The molecule has 0 spiro atoms. The lowest BCUT2D eigenvalue weighted by atomic mass is 9.82. The van der Waals surface area contributed by atoms with Crippen molar-refractivity contribution in [3.63, 3.8) is 0 Å². The summed E-state index contributed by atoms with van der Waals surface area (Å²) in [5.41, 5.74) is 1.22. The Morgan fingerprint density at radius 1 is 0.963 bits per heavy atom. The summed E-state index contributed by atoms with van der Waals surface area (Å²) in [6.45, 7) is 18.5. The van der Waals surface area contributed by atoms with Gasteiger partial charge in [-0.25, -0.2) is 0 Å². The van der Waals surface area contributed by atoms with Gasteiger partial charge in [0.1, 0.15) is 5.75 Å². The van der Waals surface area contributed by atoms with E-state index < -0.39 is 0 Å². The number of aromatic hydroxyl groups is 1. The largest absolute Gasteiger partial charge is 0.508 e. The third-order valence-electron chi connectivity index (χ3n) is 4.00. The molecule has 0 aliphatic carbocycles. The van der Waals surface area contributed by atoms with Crippen molar-refractivity contribution in [3.8, 4) is 5.75 Å². The Morgan fingerprint density at radius 3 is 1.81 bits per heavy atom. The molecule has 3 N–H and O–H groups in total. The van der Waals surface area contributed by atoms with Gasteiger partial charge in [-0.2, -0.15) is 0 Å². The summed E-state index contributed by atoms with van der Waals surface area (Å²) in [4.78, 5) is 0. The topological polar surface area (TPSA) is 52.5 Å². The van der Waals surface area contributed by atoms with Crippen LogP contribution in [0.4, 0.5) is 0 Å². The highest BCUT2D eigenvalue weighted by molar-refractivity contribution is 5.29. The first-order chi connectivity index (χ1) is 13.1. The molecule has 3 heteroatoms. The van der Waals surface area contributed by atoms with Crippen LogP contribution < -0.4 is 5.32 Å². The summed E-state index contributed by atoms with van der Waals surface area (Å²) in [5.74, 6) is 1.01. The van der Waals surface area contributed by atoms with Crippen LogP contribution in [0.1, 0.15) is 86.1 Å². The van der Waals surface area contributed by atoms with Gasteiger partial charge in [-0.1, -0.05) is 78.7 Å². The highest BCUT2D eigenvalue weighted by Gasteiger charge is 2.25. The number of piperidine rings is 1. The molecule has 2 rings (SSSR count). The predicted octanol–water partition coefficient (Wildman–Crippen LogP) is 6.52. The van der Waals surface area contributed by atoms with E-state index in [2.05, 4.69) is 19.2 Å². The summed E-state index contributed by atoms with van der Waals surface area (Å²) >= 11 is 0. The number of aliphatic hydroxyl groups is 1. The van der Waals surface area contributed by atoms with Crippen molar-refractivity contribution in [2.75, 3.05) is 19.7 Å². The minimum Gasteiger partial charge on any atom is -0.508 e. The number of hydrogen-bond acceptors (Lipinski definition) is 3. The second kappa shape index (κ2) is 24.7. The second-order valence-corrected chi connectivity index (χ2v) is 5.80. The number of benzene rings is 1. The first-order valence-electron chi connectivity index (χ1n) is 10.8. The zero-order valence-corrected chi connectivity index (χ0v) is 19.3. The molecule has 27 heavy (non-hydrogen) atoms. The molecule has 0 saturated carbocycles. The van der Waals surface area contributed by atoms with Crippen LogP contribution in [0.3, 0.4) is 0 Å². The van der Waals surface area contributed by atoms with E-state index in [1.165, 1.54) is 18.4 Å². The SMILES string of the molecule is C/C=C\C.CC.CC.CCCC.OC[C@@H]1CNCCC1c1ccc(O)cc1. The molecule has 0 aromatic heterocycles. The molecule has 2 atom stereocenters. The minimum atomic E-state index is 0.221. The Morgan fingerprint density at radius 2 is 1.44 bits per heavy atom. The van der Waals surface area contributed by atoms with Gasteiger partial charge in [0, 0.05) is 19.1 Å². The normalized spacial score (nSPS) is 17.7. The fourth-order valence-electron chi connectivity index (χ4n) is 2.28. The number of unbranched alkanes of at least 4 members (excludes halogenated alkanes) is 1. The van der Waals surface area contributed by atoms with Crippen molar-refractivity contribution >= 4 is 0 Å². The molecule has 0 radical (unpaired) electrons. The van der Waals surface area contributed by atoms with Crippen LogP contribution in [-0.4, -0.2) is 29.9 Å². The Labute approximate surface area is 169 Å². The lowest BCUT2D eigenvalue weighted by molar-refractivity contribution is 0.179. The van der Waals surface area contributed by atoms with Gasteiger partial charge in [0.15, 0.2) is 0 Å². The van der Waals surface area contributed by atoms with Gasteiger partial charge in [0.05, 0.1) is 0 Å². The van der Waals surface area contributed by atoms with Crippen molar-refractivity contribution in [3.05, 3.63) is 42.0 Å². The van der Waals surface area contributed by atoms with E-state index in [1.54, 1.807) is 12.1 Å². The molecule has 1 aliphatic rings. The number of phenolic OH excluding ortho intramolecular Hbond substituents is 1. The summed E-state index contributed by atoms with van der Waals surface area (Å²) in [5, 5.41) is 21.8. The maximum atomic E-state index is 9.29. The van der Waals surface area contributed by atoms with E-state index in [-0.39, 0.29) is 6.61 Å². The summed E-state index contributed by atoms with van der Waals surface area (Å²) in [6, 6.07) is 7.33. The van der Waals surface area contributed by atoms with E-state index in [1.807, 2.05) is 65.8 Å². The molecule has 3 nitrogen and oxygen atoms in total. The van der Waals surface area contributed by atoms with Gasteiger partial charge in [-0.05, 0) is 50.4 Å². The van der Waals surface area contributed by atoms with Gasteiger partial charge < -0.3 is 15.5 Å². The first kappa shape index (κ1) is 30.4. The molecule has 1 aromatic rings. The van der Waals surface area contributed by atoms with E-state index >= 15 is 0 Å². The number of phenols is 1. The van der Waals surface area contributed by atoms with Crippen molar-refractivity contribution in [2.45, 2.75) is 80.6 Å². The van der Waals surface area contributed by atoms with Crippen LogP contribution in [0.25, 0.3) is 0 Å². The number of allylic oxidation sites excluding steroid dienone is 2. The molecule has 1 heterocycles. The quantitative estimate of drug-likeness (QED) is 0.522. The molecule has 1 aromatic carbocycles. The highest BCUT2D eigenvalue weighted by atomic mass is 16.3. The summed E-state index contributed by atoms with van der Waals surface area (Å²) in [6.07, 6.45) is 7.69. The molecular weight excluding hydrogens is 334 g/mol. The van der Waals surface area contributed by atoms with E-state index in [0.717, 1.165) is 19.5 Å². The fourth-order valence-corrected chi connectivity index (χ4v) is 2.28. The molecule has 1 aliphatic heterocycles. The van der Waals surface area contributed by atoms with Gasteiger partial charge in [-0.3, -0.25) is 0 Å². The number of nitrogens with one attached hydrogen (secondary N) is 1. The van der Waals surface area contributed by atoms with Crippen LogP contribution in [0, 0.1) is 5.92 Å². The maximum Gasteiger partial charge on any atom is 0.115 e. The lowest BCUT2D eigenvalue weighted by Gasteiger charge is -2.31. The Balaban J connectivity index is -0.000000402. The smallest absolute Gasteiger partial charge is 0.115 e. The van der Waals surface area contributed by atoms with Gasteiger partial charge in [0.2, 0.25) is 0 Å². The molecule has 1 fully saturated rings. The van der Waals surface area contributed by atoms with Crippen LogP contribution in [0.15, 0.2) is 36.4 Å². The van der Waals surface area contributed by atoms with Crippen LogP contribution in [0.5, 0.6) is 5.75 Å². The van der Waals surface area contributed by atoms with Crippen LogP contribution >= 0.6 is 0 Å². The average molecular weight is 382 g/mol. The lowest BCUT2D eigenvalue weighted by Crippen LogP contribution is -2.37. The zero-order chi connectivity index (χ0) is 21.5. The zero-order valence-electron chi connectivity index (χ0n) is 19.3. The van der Waals surface area contributed by atoms with Crippen molar-refractivity contribution < 1.29 is 10.2 Å². The molecule has 160 valence electrons. The highest BCUT2D eigenvalue weighted by Crippen LogP contribution is 2.30. The Kier molecular flexibility index (Phi) is 27.8. The second-order valence-electron chi connectivity index (χ2n) is 5.80. The molecule has 0 amide bonds. The number of rotatable bonds is 3. The standard InChI is InChI=1S/C12H17NO2.C4H10.C4H8.2C2H6/c14-8-10-7-13-6-5-12(10)9-1-3-11(15)4-2-9;2*1-3-4-2;2*1-2/h1-4,10,12-15H,5-8H2;3-4H2,1-2H3;3-4H,1-2H3;2*1-2H3/b;;4-3-;;/t10-,12?;;;;/m0..../s1. The predicted molar refractivity (Wildman–Crippen MR) is 123 cm³/mol. The maximum absolute atomic E-state index is 9.29. The van der Waals surface area contributed by atoms with E-state index in [4.69, 9.17) is 0 Å². The van der Waals surface area contributed by atoms with Crippen LogP contribution in [0.2, 0.25) is 0 Å². The van der Waals surface area contributed by atoms with Crippen LogP contribution in [-0.2, 0) is 0 Å². The molecule has 1 saturated heterocycles. The first-order valence-corrected chi connectivity index (χ1v) is 10.8. The van der Waals surface area contributed by atoms with Crippen molar-refractivity contribution in [1.29, 1.82) is 0 Å². The fraction of sp³-hybridized carbons (Fsp3) is 0.667. The average Bonchev–Trinajstić information content (AvgIpc) is 2.77.